The van der Waals surface area contributed by atoms with Gasteiger partial charge in [0.15, 0.2) is 6.79 Å². The molecule has 3 heteroatoms. The molecule has 0 spiro atoms. The van der Waals surface area contributed by atoms with Gasteiger partial charge in [-0.1, -0.05) is 43.8 Å². The fourth-order valence-corrected chi connectivity index (χ4v) is 1.38. The van der Waals surface area contributed by atoms with E-state index in [4.69, 9.17) is 9.47 Å². The summed E-state index contributed by atoms with van der Waals surface area (Å²) in [5.41, 5.74) is 0.858. The average Bonchev–Trinajstić information content (AvgIpc) is 2.35. The molecule has 0 aliphatic carbocycles. The first-order valence-electron chi connectivity index (χ1n) is 5.20. The lowest BCUT2D eigenvalue weighted by Crippen LogP contribution is -2.13. The normalized spacial score (nSPS) is 14.2. The number of aliphatic hydroxyl groups excluding tert-OH is 1. The smallest absolute Gasteiger partial charge is 0.188 e. The Bertz CT molecular complexity index is 321. The van der Waals surface area contributed by atoms with Gasteiger partial charge in [0, 0.05) is 13.0 Å². The van der Waals surface area contributed by atoms with Crippen LogP contribution in [-0.2, 0) is 9.47 Å². The maximum Gasteiger partial charge on any atom is 0.188 e. The number of hydrogen-bond acceptors (Lipinski definition) is 3. The van der Waals surface area contributed by atoms with Crippen LogP contribution in [0.1, 0.15) is 18.6 Å². The largest absolute Gasteiger partial charge is 0.472 e. The Morgan fingerprint density at radius 3 is 2.56 bits per heavy atom. The van der Waals surface area contributed by atoms with Gasteiger partial charge in [0.2, 0.25) is 0 Å². The molecule has 1 aromatic carbocycles. The van der Waals surface area contributed by atoms with Crippen molar-refractivity contribution in [3.05, 3.63) is 48.2 Å². The number of methoxy groups -OCH3 is 1. The van der Waals surface area contributed by atoms with Crippen molar-refractivity contribution in [2.24, 2.45) is 5.92 Å². The summed E-state index contributed by atoms with van der Waals surface area (Å²) in [6.45, 7) is 5.80. The Morgan fingerprint density at radius 2 is 2.00 bits per heavy atom. The summed E-state index contributed by atoms with van der Waals surface area (Å²) in [6, 6.07) is 9.46. The molecule has 0 aliphatic rings. The van der Waals surface area contributed by atoms with Crippen molar-refractivity contribution in [3.8, 4) is 0 Å². The molecule has 0 amide bonds. The summed E-state index contributed by atoms with van der Waals surface area (Å²) < 4.78 is 10.0. The molecule has 0 bridgehead atoms. The van der Waals surface area contributed by atoms with E-state index in [9.17, 15) is 5.11 Å². The third kappa shape index (κ3) is 3.36. The van der Waals surface area contributed by atoms with Crippen LogP contribution in [0.4, 0.5) is 0 Å². The van der Waals surface area contributed by atoms with Crippen LogP contribution in [-0.4, -0.2) is 19.0 Å². The lowest BCUT2D eigenvalue weighted by Gasteiger charge is -2.21. The lowest BCUT2D eigenvalue weighted by atomic mass is 9.96. The van der Waals surface area contributed by atoms with Crippen LogP contribution in [0, 0.1) is 5.92 Å². The molecule has 0 saturated heterocycles. The topological polar surface area (TPSA) is 38.7 Å². The van der Waals surface area contributed by atoms with E-state index in [0.717, 1.165) is 5.56 Å². The molecule has 0 heterocycles. The van der Waals surface area contributed by atoms with Crippen LogP contribution in [0.15, 0.2) is 42.7 Å². The standard InChI is InChI=1S/C13H18O3/c1-10(11(2)16-9-15-3)13(14)12-7-5-4-6-8-12/h4-8,10,13-14H,2,9H2,1,3H3/t10-,13-/m1/s1. The first-order valence-corrected chi connectivity index (χ1v) is 5.20. The minimum Gasteiger partial charge on any atom is -0.472 e. The van der Waals surface area contributed by atoms with Gasteiger partial charge in [0.05, 0.1) is 11.9 Å². The van der Waals surface area contributed by atoms with E-state index in [1.54, 1.807) is 7.11 Å². The zero-order valence-electron chi connectivity index (χ0n) is 9.72. The minimum absolute atomic E-state index is 0.157. The van der Waals surface area contributed by atoms with Crippen LogP contribution in [0.25, 0.3) is 0 Å². The monoisotopic (exact) mass is 222 g/mol. The highest BCUT2D eigenvalue weighted by Gasteiger charge is 2.19. The second-order valence-electron chi connectivity index (χ2n) is 3.66. The van der Waals surface area contributed by atoms with Gasteiger partial charge in [0.1, 0.15) is 0 Å². The summed E-state index contributed by atoms with van der Waals surface area (Å²) in [7, 11) is 1.55. The highest BCUT2D eigenvalue weighted by atomic mass is 16.7. The van der Waals surface area contributed by atoms with Crippen LogP contribution in [0.3, 0.4) is 0 Å². The van der Waals surface area contributed by atoms with Crippen molar-refractivity contribution in [2.75, 3.05) is 13.9 Å². The highest BCUT2D eigenvalue weighted by Crippen LogP contribution is 2.26. The zero-order chi connectivity index (χ0) is 12.0. The quantitative estimate of drug-likeness (QED) is 0.593. The van der Waals surface area contributed by atoms with E-state index in [1.807, 2.05) is 37.3 Å². The lowest BCUT2D eigenvalue weighted by molar-refractivity contribution is -0.0164. The van der Waals surface area contributed by atoms with Crippen molar-refractivity contribution in [3.63, 3.8) is 0 Å². The molecule has 0 aromatic heterocycles. The van der Waals surface area contributed by atoms with Gasteiger partial charge in [-0.25, -0.2) is 0 Å². The first kappa shape index (κ1) is 12.7. The molecule has 1 aromatic rings. The number of ether oxygens (including phenoxy) is 2. The second-order valence-corrected chi connectivity index (χ2v) is 3.66. The molecule has 88 valence electrons. The fourth-order valence-electron chi connectivity index (χ4n) is 1.38. The Labute approximate surface area is 96.3 Å². The molecule has 16 heavy (non-hydrogen) atoms. The zero-order valence-corrected chi connectivity index (χ0v) is 9.72. The molecule has 3 nitrogen and oxygen atoms in total. The van der Waals surface area contributed by atoms with E-state index >= 15 is 0 Å². The predicted octanol–water partition coefficient (Wildman–Crippen LogP) is 2.49. The maximum absolute atomic E-state index is 10.1. The van der Waals surface area contributed by atoms with E-state index in [1.165, 1.54) is 0 Å². The van der Waals surface area contributed by atoms with Gasteiger partial charge >= 0.3 is 0 Å². The van der Waals surface area contributed by atoms with Crippen molar-refractivity contribution in [2.45, 2.75) is 13.0 Å². The van der Waals surface area contributed by atoms with Gasteiger partial charge in [-0.15, -0.1) is 0 Å². The third-order valence-electron chi connectivity index (χ3n) is 2.48. The molecule has 0 fully saturated rings. The van der Waals surface area contributed by atoms with Gasteiger partial charge in [-0.05, 0) is 5.56 Å². The summed E-state index contributed by atoms with van der Waals surface area (Å²) in [5.74, 6) is 0.357. The molecular formula is C13H18O3. The van der Waals surface area contributed by atoms with Crippen molar-refractivity contribution >= 4 is 0 Å². The van der Waals surface area contributed by atoms with E-state index < -0.39 is 6.10 Å². The SMILES string of the molecule is C=C(OCOC)[C@@H](C)[C@@H](O)c1ccccc1. The molecule has 1 N–H and O–H groups in total. The van der Waals surface area contributed by atoms with Crippen molar-refractivity contribution in [1.82, 2.24) is 0 Å². The molecule has 0 aliphatic heterocycles. The Hall–Kier alpha value is -1.32. The van der Waals surface area contributed by atoms with Gasteiger partial charge < -0.3 is 14.6 Å². The molecule has 0 saturated carbocycles. The number of hydrogen-bond donors (Lipinski definition) is 1. The van der Waals surface area contributed by atoms with Gasteiger partial charge in [-0.2, -0.15) is 0 Å². The van der Waals surface area contributed by atoms with Crippen LogP contribution >= 0.6 is 0 Å². The number of benzene rings is 1. The van der Waals surface area contributed by atoms with E-state index in [2.05, 4.69) is 6.58 Å². The summed E-state index contributed by atoms with van der Waals surface area (Å²) in [4.78, 5) is 0. The second kappa shape index (κ2) is 6.30. The van der Waals surface area contributed by atoms with Crippen molar-refractivity contribution < 1.29 is 14.6 Å². The molecule has 0 unspecified atom stereocenters. The summed E-state index contributed by atoms with van der Waals surface area (Å²) in [5, 5.41) is 10.1. The highest BCUT2D eigenvalue weighted by molar-refractivity contribution is 5.19. The predicted molar refractivity (Wildman–Crippen MR) is 62.7 cm³/mol. The third-order valence-corrected chi connectivity index (χ3v) is 2.48. The van der Waals surface area contributed by atoms with Crippen LogP contribution in [0.2, 0.25) is 0 Å². The summed E-state index contributed by atoms with van der Waals surface area (Å²) >= 11 is 0. The Kier molecular flexibility index (Phi) is 5.02. The molecular weight excluding hydrogens is 204 g/mol. The fraction of sp³-hybridized carbons (Fsp3) is 0.385. The number of rotatable bonds is 6. The number of aliphatic hydroxyl groups is 1. The van der Waals surface area contributed by atoms with Gasteiger partial charge in [-0.3, -0.25) is 0 Å². The van der Waals surface area contributed by atoms with E-state index in [-0.39, 0.29) is 12.7 Å². The molecule has 2 atom stereocenters. The Balaban J connectivity index is 2.60. The molecule has 1 rings (SSSR count). The van der Waals surface area contributed by atoms with Crippen LogP contribution < -0.4 is 0 Å². The Morgan fingerprint density at radius 1 is 1.38 bits per heavy atom. The first-order chi connectivity index (χ1) is 7.66. The van der Waals surface area contributed by atoms with E-state index in [0.29, 0.717) is 5.76 Å². The van der Waals surface area contributed by atoms with Crippen LogP contribution in [0.5, 0.6) is 0 Å². The summed E-state index contributed by atoms with van der Waals surface area (Å²) in [6.07, 6.45) is -0.606. The minimum atomic E-state index is -0.606. The maximum atomic E-state index is 10.1. The van der Waals surface area contributed by atoms with Gasteiger partial charge in [0.25, 0.3) is 0 Å². The molecule has 0 radical (unpaired) electrons. The van der Waals surface area contributed by atoms with Crippen molar-refractivity contribution in [1.29, 1.82) is 0 Å². The average molecular weight is 222 g/mol.